The third kappa shape index (κ3) is 4.69. The second kappa shape index (κ2) is 9.72. The maximum Gasteiger partial charge on any atom is 0.355 e. The van der Waals surface area contributed by atoms with Gasteiger partial charge < -0.3 is 19.1 Å². The number of aromatic nitrogens is 2. The molecule has 0 bridgehead atoms. The van der Waals surface area contributed by atoms with Gasteiger partial charge in [0.25, 0.3) is 15.9 Å². The fraction of sp³-hybridized carbons (Fsp3) is 0.348. The van der Waals surface area contributed by atoms with E-state index in [9.17, 15) is 18.0 Å². The van der Waals surface area contributed by atoms with Crippen molar-refractivity contribution in [1.82, 2.24) is 9.72 Å². The summed E-state index contributed by atoms with van der Waals surface area (Å²) in [5.41, 5.74) is 3.47. The summed E-state index contributed by atoms with van der Waals surface area (Å²) >= 11 is 0. The van der Waals surface area contributed by atoms with Crippen LogP contribution < -0.4 is 10.0 Å². The Hall–Kier alpha value is -3.60. The summed E-state index contributed by atoms with van der Waals surface area (Å²) in [4.78, 5) is 25.5. The van der Waals surface area contributed by atoms with Crippen LogP contribution in [0.25, 0.3) is 0 Å². The number of rotatable bonds is 8. The van der Waals surface area contributed by atoms with Gasteiger partial charge in [-0.1, -0.05) is 5.16 Å². The van der Waals surface area contributed by atoms with Crippen molar-refractivity contribution < 1.29 is 27.3 Å². The summed E-state index contributed by atoms with van der Waals surface area (Å²) in [5, 5.41) is 6.51. The van der Waals surface area contributed by atoms with Gasteiger partial charge in [0.2, 0.25) is 5.88 Å². The van der Waals surface area contributed by atoms with Crippen molar-refractivity contribution in [1.29, 1.82) is 0 Å². The number of aryl methyl sites for hydroxylation is 1. The maximum absolute atomic E-state index is 13.1. The van der Waals surface area contributed by atoms with E-state index in [1.807, 2.05) is 6.92 Å². The van der Waals surface area contributed by atoms with Crippen molar-refractivity contribution in [2.75, 3.05) is 16.6 Å². The highest BCUT2D eigenvalue weighted by molar-refractivity contribution is 7.92. The van der Waals surface area contributed by atoms with Gasteiger partial charge in [0.05, 0.1) is 22.8 Å². The first-order chi connectivity index (χ1) is 16.0. The topological polar surface area (TPSA) is 133 Å². The van der Waals surface area contributed by atoms with Gasteiger partial charge in [-0.2, -0.15) is 0 Å². The van der Waals surface area contributed by atoms with E-state index in [1.165, 1.54) is 24.3 Å². The molecule has 0 atom stereocenters. The number of nitrogens with one attached hydrogen (secondary N) is 2. The number of sulfonamides is 1. The van der Waals surface area contributed by atoms with E-state index in [0.29, 0.717) is 46.0 Å². The Morgan fingerprint density at radius 2 is 1.71 bits per heavy atom. The Labute approximate surface area is 198 Å². The summed E-state index contributed by atoms with van der Waals surface area (Å²) in [5.74, 6) is -0.837. The summed E-state index contributed by atoms with van der Waals surface area (Å²) in [6.07, 6.45) is 0. The van der Waals surface area contributed by atoms with Crippen molar-refractivity contribution in [3.63, 3.8) is 0 Å². The third-order valence-electron chi connectivity index (χ3n) is 5.59. The first-order valence-corrected chi connectivity index (χ1v) is 12.2. The molecule has 0 aliphatic rings. The van der Waals surface area contributed by atoms with Crippen LogP contribution in [0.4, 0.5) is 11.6 Å². The lowest BCUT2D eigenvalue weighted by atomic mass is 10.1. The highest BCUT2D eigenvalue weighted by atomic mass is 32.2. The molecule has 2 heterocycles. The third-order valence-corrected chi connectivity index (χ3v) is 6.93. The van der Waals surface area contributed by atoms with E-state index >= 15 is 0 Å². The van der Waals surface area contributed by atoms with Crippen molar-refractivity contribution >= 4 is 33.5 Å². The summed E-state index contributed by atoms with van der Waals surface area (Å²) in [6, 6.07) is 5.71. The molecule has 0 saturated carbocycles. The molecule has 3 aromatic rings. The predicted octanol–water partition coefficient (Wildman–Crippen LogP) is 3.96. The van der Waals surface area contributed by atoms with Crippen LogP contribution in [-0.4, -0.2) is 36.6 Å². The second-order valence-electron chi connectivity index (χ2n) is 7.70. The highest BCUT2D eigenvalue weighted by Gasteiger charge is 2.27. The number of nitrogens with zero attached hydrogens (tertiary/aromatic N) is 2. The van der Waals surface area contributed by atoms with Gasteiger partial charge in [-0.05, 0) is 71.4 Å². The quantitative estimate of drug-likeness (QED) is 0.459. The smallest absolute Gasteiger partial charge is 0.355 e. The minimum absolute atomic E-state index is 0.00644. The van der Waals surface area contributed by atoms with E-state index < -0.39 is 21.9 Å². The van der Waals surface area contributed by atoms with Crippen molar-refractivity contribution in [3.05, 3.63) is 58.0 Å². The Morgan fingerprint density at radius 3 is 2.24 bits per heavy atom. The summed E-state index contributed by atoms with van der Waals surface area (Å²) < 4.78 is 39.6. The number of carbonyl (C=O) groups excluding carboxylic acids is 2. The van der Waals surface area contributed by atoms with Gasteiger partial charge in [0.1, 0.15) is 5.69 Å². The fourth-order valence-electron chi connectivity index (χ4n) is 3.69. The number of hydrogen-bond acceptors (Lipinski definition) is 7. The first-order valence-electron chi connectivity index (χ1n) is 10.8. The minimum atomic E-state index is -3.91. The van der Waals surface area contributed by atoms with E-state index in [0.717, 1.165) is 0 Å². The largest absolute Gasteiger partial charge is 0.461 e. The summed E-state index contributed by atoms with van der Waals surface area (Å²) in [7, 11) is -3.91. The molecule has 3 rings (SSSR count). The average Bonchev–Trinajstić information content (AvgIpc) is 3.23. The predicted molar refractivity (Wildman–Crippen MR) is 127 cm³/mol. The van der Waals surface area contributed by atoms with E-state index in [-0.39, 0.29) is 17.4 Å². The number of carbonyl (C=O) groups is 2. The normalized spacial score (nSPS) is 11.4. The van der Waals surface area contributed by atoms with Gasteiger partial charge in [-0.15, -0.1) is 0 Å². The van der Waals surface area contributed by atoms with E-state index in [2.05, 4.69) is 15.2 Å². The SMILES string of the molecule is CCOC(=O)c1c(C)c(C(=O)Nc2ccc(S(=O)(=O)Nc3onc(C)c3C)cc2)c(C)n1CC. The monoisotopic (exact) mass is 488 g/mol. The molecule has 10 nitrogen and oxygen atoms in total. The van der Waals surface area contributed by atoms with Crippen LogP contribution in [0.5, 0.6) is 0 Å². The summed E-state index contributed by atoms with van der Waals surface area (Å²) in [6.45, 7) is 11.2. The minimum Gasteiger partial charge on any atom is -0.461 e. The molecule has 0 radical (unpaired) electrons. The molecule has 2 N–H and O–H groups in total. The molecule has 2 aromatic heterocycles. The molecular formula is C23H28N4O6S. The van der Waals surface area contributed by atoms with Crippen molar-refractivity contribution in [2.24, 2.45) is 0 Å². The number of amides is 1. The van der Waals surface area contributed by atoms with Crippen LogP contribution in [0.3, 0.4) is 0 Å². The molecule has 0 unspecified atom stereocenters. The van der Waals surface area contributed by atoms with Crippen molar-refractivity contribution in [3.8, 4) is 0 Å². The average molecular weight is 489 g/mol. The zero-order valence-corrected chi connectivity index (χ0v) is 20.8. The van der Waals surface area contributed by atoms with Crippen molar-refractivity contribution in [2.45, 2.75) is 53.0 Å². The molecule has 0 aliphatic carbocycles. The van der Waals surface area contributed by atoms with Gasteiger partial charge >= 0.3 is 5.97 Å². The lowest BCUT2D eigenvalue weighted by molar-refractivity contribution is 0.0512. The fourth-order valence-corrected chi connectivity index (χ4v) is 4.74. The molecule has 0 saturated heterocycles. The van der Waals surface area contributed by atoms with Crippen LogP contribution in [0.1, 0.15) is 57.2 Å². The molecule has 1 aromatic carbocycles. The van der Waals surface area contributed by atoms with Gasteiger partial charge in [-0.3, -0.25) is 4.79 Å². The lowest BCUT2D eigenvalue weighted by Gasteiger charge is -2.09. The molecule has 0 fully saturated rings. The Balaban J connectivity index is 1.83. The Morgan fingerprint density at radius 1 is 1.06 bits per heavy atom. The molecule has 0 aliphatic heterocycles. The molecule has 34 heavy (non-hydrogen) atoms. The number of anilines is 2. The van der Waals surface area contributed by atoms with Crippen LogP contribution in [0.15, 0.2) is 33.7 Å². The molecule has 0 spiro atoms. The van der Waals surface area contributed by atoms with Crippen LogP contribution in [0, 0.1) is 27.7 Å². The van der Waals surface area contributed by atoms with Crippen LogP contribution in [-0.2, 0) is 21.3 Å². The van der Waals surface area contributed by atoms with Crippen LogP contribution in [0.2, 0.25) is 0 Å². The van der Waals surface area contributed by atoms with E-state index in [4.69, 9.17) is 9.26 Å². The second-order valence-corrected chi connectivity index (χ2v) is 9.39. The first kappa shape index (κ1) is 25.0. The molecule has 1 amide bonds. The van der Waals surface area contributed by atoms with Gasteiger partial charge in [-0.25, -0.2) is 17.9 Å². The maximum atomic E-state index is 13.1. The molecule has 182 valence electrons. The Kier molecular flexibility index (Phi) is 7.15. The lowest BCUT2D eigenvalue weighted by Crippen LogP contribution is -2.15. The van der Waals surface area contributed by atoms with Crippen LogP contribution >= 0.6 is 0 Å². The molecule has 11 heteroatoms. The number of esters is 1. The number of benzene rings is 1. The zero-order valence-electron chi connectivity index (χ0n) is 20.0. The zero-order chi connectivity index (χ0) is 25.2. The van der Waals surface area contributed by atoms with Gasteiger partial charge in [0, 0.05) is 23.5 Å². The van der Waals surface area contributed by atoms with E-state index in [1.54, 1.807) is 39.2 Å². The number of hydrogen-bond donors (Lipinski definition) is 2. The number of ether oxygens (including phenoxy) is 1. The standard InChI is InChI=1S/C23H28N4O6S/c1-7-27-16(6)19(14(4)20(27)23(29)32-8-2)21(28)24-17-9-11-18(12-10-17)34(30,31)26-22-13(3)15(5)25-33-22/h9-12,26H,7-8H2,1-6H3,(H,24,28). The Bertz CT molecular complexity index is 1340. The highest BCUT2D eigenvalue weighted by Crippen LogP contribution is 2.26. The van der Waals surface area contributed by atoms with Gasteiger partial charge in [0.15, 0.2) is 0 Å². The molecular weight excluding hydrogens is 460 g/mol.